The van der Waals surface area contributed by atoms with Crippen molar-refractivity contribution in [2.75, 3.05) is 4.90 Å². The molecule has 2 heterocycles. The van der Waals surface area contributed by atoms with Crippen LogP contribution in [-0.4, -0.2) is 21.8 Å². The monoisotopic (exact) mass is 440 g/mol. The number of thiazole rings is 1. The number of hydrogen-bond acceptors (Lipinski definition) is 5. The van der Waals surface area contributed by atoms with Crippen molar-refractivity contribution in [3.63, 3.8) is 0 Å². The summed E-state index contributed by atoms with van der Waals surface area (Å²) in [5.41, 5.74) is 1.26. The average Bonchev–Trinajstić information content (AvgIpc) is 3.30. The van der Waals surface area contributed by atoms with Crippen LogP contribution in [-0.2, 0) is 9.59 Å². The molecule has 0 saturated carbocycles. The number of aromatic nitrogens is 1. The van der Waals surface area contributed by atoms with Crippen molar-refractivity contribution in [3.8, 4) is 0 Å². The first-order chi connectivity index (χ1) is 13.1. The van der Waals surface area contributed by atoms with Crippen LogP contribution >= 0.6 is 27.3 Å². The summed E-state index contributed by atoms with van der Waals surface area (Å²) in [6.45, 7) is 0. The van der Waals surface area contributed by atoms with Gasteiger partial charge in [-0.25, -0.2) is 4.98 Å². The number of benzene rings is 2. The van der Waals surface area contributed by atoms with Crippen molar-refractivity contribution in [2.24, 2.45) is 0 Å². The van der Waals surface area contributed by atoms with E-state index in [2.05, 4.69) is 20.9 Å². The lowest BCUT2D eigenvalue weighted by atomic mass is 9.95. The van der Waals surface area contributed by atoms with E-state index in [9.17, 15) is 14.7 Å². The van der Waals surface area contributed by atoms with Gasteiger partial charge in [0.1, 0.15) is 5.76 Å². The Kier molecular flexibility index (Phi) is 4.63. The molecule has 1 aliphatic rings. The third-order valence-electron chi connectivity index (χ3n) is 4.30. The number of carbonyl (C=O) groups is 2. The molecule has 0 bridgehead atoms. The minimum Gasteiger partial charge on any atom is -0.507 e. The molecule has 1 amide bonds. The predicted molar refractivity (Wildman–Crippen MR) is 107 cm³/mol. The maximum atomic E-state index is 12.8. The van der Waals surface area contributed by atoms with Crippen molar-refractivity contribution in [1.82, 2.24) is 4.98 Å². The summed E-state index contributed by atoms with van der Waals surface area (Å²) in [5, 5.41) is 13.1. The van der Waals surface area contributed by atoms with Crippen LogP contribution in [0.2, 0.25) is 0 Å². The van der Waals surface area contributed by atoms with Crippen LogP contribution in [0.1, 0.15) is 17.2 Å². The number of aliphatic hydroxyl groups is 1. The number of aliphatic hydroxyl groups excluding tert-OH is 1. The Bertz CT molecular complexity index is 1030. The topological polar surface area (TPSA) is 70.5 Å². The average molecular weight is 441 g/mol. The Morgan fingerprint density at radius 1 is 1.07 bits per heavy atom. The Balaban J connectivity index is 1.93. The zero-order chi connectivity index (χ0) is 19.0. The van der Waals surface area contributed by atoms with Gasteiger partial charge in [0, 0.05) is 21.6 Å². The molecule has 0 aliphatic carbocycles. The molecule has 1 aliphatic heterocycles. The molecular weight excluding hydrogens is 428 g/mol. The van der Waals surface area contributed by atoms with E-state index in [0.29, 0.717) is 10.7 Å². The number of ketones is 1. The van der Waals surface area contributed by atoms with Gasteiger partial charge in [-0.05, 0) is 17.7 Å². The maximum Gasteiger partial charge on any atom is 0.301 e. The number of nitrogens with zero attached hydrogens (tertiary/aromatic N) is 2. The van der Waals surface area contributed by atoms with Crippen molar-refractivity contribution < 1.29 is 14.7 Å². The molecule has 1 N–H and O–H groups in total. The summed E-state index contributed by atoms with van der Waals surface area (Å²) in [5.74, 6) is -1.62. The lowest BCUT2D eigenvalue weighted by molar-refractivity contribution is -0.132. The number of halogens is 1. The molecule has 134 valence electrons. The SMILES string of the molecule is O=C1C(=O)N(c2nccs2)[C@@H](c2ccccc2)/C1=C(\O)c1ccc(Br)cc1. The molecule has 1 aromatic heterocycles. The first kappa shape index (κ1) is 17.6. The summed E-state index contributed by atoms with van der Waals surface area (Å²) >= 11 is 4.62. The van der Waals surface area contributed by atoms with Crippen LogP contribution in [0.4, 0.5) is 5.13 Å². The van der Waals surface area contributed by atoms with Crippen molar-refractivity contribution >= 4 is 49.8 Å². The summed E-state index contributed by atoms with van der Waals surface area (Å²) in [4.78, 5) is 31.2. The second-order valence-corrected chi connectivity index (χ2v) is 7.69. The first-order valence-corrected chi connectivity index (χ1v) is 9.76. The minimum atomic E-state index is -0.735. The fourth-order valence-electron chi connectivity index (χ4n) is 3.08. The van der Waals surface area contributed by atoms with Gasteiger partial charge in [0.25, 0.3) is 5.78 Å². The molecular formula is C20H13BrN2O3S. The third kappa shape index (κ3) is 3.09. The fourth-order valence-corrected chi connectivity index (χ4v) is 4.01. The summed E-state index contributed by atoms with van der Waals surface area (Å²) in [6.07, 6.45) is 1.58. The smallest absolute Gasteiger partial charge is 0.301 e. The first-order valence-electron chi connectivity index (χ1n) is 8.09. The Hall–Kier alpha value is -2.77. The van der Waals surface area contributed by atoms with Gasteiger partial charge in [-0.15, -0.1) is 11.3 Å². The molecule has 2 aromatic carbocycles. The van der Waals surface area contributed by atoms with Crippen LogP contribution in [0.5, 0.6) is 0 Å². The quantitative estimate of drug-likeness (QED) is 0.368. The second-order valence-electron chi connectivity index (χ2n) is 5.90. The second kappa shape index (κ2) is 7.09. The van der Waals surface area contributed by atoms with Crippen LogP contribution in [0.15, 0.2) is 76.2 Å². The number of Topliss-reactive ketones (excluding diaryl/α,β-unsaturated/α-hetero) is 1. The summed E-state index contributed by atoms with van der Waals surface area (Å²) in [7, 11) is 0. The van der Waals surface area contributed by atoms with Gasteiger partial charge in [-0.2, -0.15) is 0 Å². The van der Waals surface area contributed by atoms with Gasteiger partial charge in [0.05, 0.1) is 11.6 Å². The van der Waals surface area contributed by atoms with E-state index in [-0.39, 0.29) is 11.3 Å². The van der Waals surface area contributed by atoms with Crippen molar-refractivity contribution in [1.29, 1.82) is 0 Å². The van der Waals surface area contributed by atoms with E-state index in [1.165, 1.54) is 16.2 Å². The molecule has 1 saturated heterocycles. The van der Waals surface area contributed by atoms with Crippen LogP contribution in [0, 0.1) is 0 Å². The number of rotatable bonds is 3. The highest BCUT2D eigenvalue weighted by atomic mass is 79.9. The zero-order valence-corrected chi connectivity index (χ0v) is 16.3. The minimum absolute atomic E-state index is 0.0590. The van der Waals surface area contributed by atoms with Crippen LogP contribution in [0.3, 0.4) is 0 Å². The molecule has 1 fully saturated rings. The number of amides is 1. The molecule has 5 nitrogen and oxygen atoms in total. The molecule has 0 spiro atoms. The van der Waals surface area contributed by atoms with Gasteiger partial charge in [0.15, 0.2) is 5.13 Å². The van der Waals surface area contributed by atoms with Crippen LogP contribution in [0.25, 0.3) is 5.76 Å². The standard InChI is InChI=1S/C20H13BrN2O3S/c21-14-8-6-13(7-9-14)17(24)15-16(12-4-2-1-3-5-12)23(19(26)18(15)25)20-22-10-11-27-20/h1-11,16,24H/b17-15+/t16-/m0/s1. The maximum absolute atomic E-state index is 12.8. The van der Waals surface area contributed by atoms with Gasteiger partial charge < -0.3 is 5.11 Å². The summed E-state index contributed by atoms with van der Waals surface area (Å²) < 4.78 is 0.849. The molecule has 0 radical (unpaired) electrons. The van der Waals surface area contributed by atoms with E-state index in [4.69, 9.17) is 0 Å². The Morgan fingerprint density at radius 3 is 2.41 bits per heavy atom. The number of anilines is 1. The van der Waals surface area contributed by atoms with Crippen molar-refractivity contribution in [2.45, 2.75) is 6.04 Å². The number of hydrogen-bond donors (Lipinski definition) is 1. The van der Waals surface area contributed by atoms with Crippen molar-refractivity contribution in [3.05, 3.63) is 87.3 Å². The van der Waals surface area contributed by atoms with E-state index in [1.54, 1.807) is 35.8 Å². The normalized spacial score (nSPS) is 18.9. The molecule has 1 atom stereocenters. The summed E-state index contributed by atoms with van der Waals surface area (Å²) in [6, 6.07) is 15.4. The Morgan fingerprint density at radius 2 is 1.78 bits per heavy atom. The highest BCUT2D eigenvalue weighted by Crippen LogP contribution is 2.42. The number of carbonyl (C=O) groups excluding carboxylic acids is 2. The predicted octanol–water partition coefficient (Wildman–Crippen LogP) is 4.53. The van der Waals surface area contributed by atoms with E-state index >= 15 is 0 Å². The fraction of sp³-hybridized carbons (Fsp3) is 0.0500. The van der Waals surface area contributed by atoms with Crippen LogP contribution < -0.4 is 4.90 Å². The highest BCUT2D eigenvalue weighted by Gasteiger charge is 2.47. The Labute approximate surface area is 167 Å². The highest BCUT2D eigenvalue weighted by molar-refractivity contribution is 9.10. The van der Waals surface area contributed by atoms with E-state index in [0.717, 1.165) is 10.0 Å². The molecule has 27 heavy (non-hydrogen) atoms. The van der Waals surface area contributed by atoms with Gasteiger partial charge in [-0.1, -0.05) is 58.4 Å². The third-order valence-corrected chi connectivity index (χ3v) is 5.60. The zero-order valence-electron chi connectivity index (χ0n) is 13.9. The molecule has 4 rings (SSSR count). The molecule has 3 aromatic rings. The lowest BCUT2D eigenvalue weighted by Gasteiger charge is -2.22. The van der Waals surface area contributed by atoms with Gasteiger partial charge in [0.2, 0.25) is 0 Å². The lowest BCUT2D eigenvalue weighted by Crippen LogP contribution is -2.29. The van der Waals surface area contributed by atoms with Gasteiger partial charge in [-0.3, -0.25) is 14.5 Å². The largest absolute Gasteiger partial charge is 0.507 e. The van der Waals surface area contributed by atoms with E-state index in [1.807, 2.05) is 30.3 Å². The molecule has 7 heteroatoms. The van der Waals surface area contributed by atoms with E-state index < -0.39 is 17.7 Å². The molecule has 0 unspecified atom stereocenters. The van der Waals surface area contributed by atoms with Gasteiger partial charge >= 0.3 is 5.91 Å².